The highest BCUT2D eigenvalue weighted by atomic mass is 16.4. The molecule has 1 N–H and O–H groups in total. The number of carbonyl (C=O) groups excluding carboxylic acids is 1. The van der Waals surface area contributed by atoms with Crippen LogP contribution in [-0.4, -0.2) is 16.9 Å². The predicted molar refractivity (Wildman–Crippen MR) is 48.4 cm³/mol. The molecule has 1 fully saturated rings. The van der Waals surface area contributed by atoms with E-state index in [1.807, 2.05) is 13.0 Å². The van der Waals surface area contributed by atoms with E-state index in [1.165, 1.54) is 0 Å². The third-order valence-electron chi connectivity index (χ3n) is 2.34. The first-order valence-corrected chi connectivity index (χ1v) is 4.53. The molecule has 1 rings (SSSR count). The summed E-state index contributed by atoms with van der Waals surface area (Å²) in [6, 6.07) is 0. The van der Waals surface area contributed by atoms with Crippen LogP contribution in [0.1, 0.15) is 32.6 Å². The quantitative estimate of drug-likeness (QED) is 0.674. The van der Waals surface area contributed by atoms with Crippen LogP contribution < -0.4 is 0 Å². The number of carboxylic acids is 1. The maximum absolute atomic E-state index is 10.8. The molecule has 13 heavy (non-hydrogen) atoms. The smallest absolute Gasteiger partial charge is 0.314 e. The summed E-state index contributed by atoms with van der Waals surface area (Å²) in [4.78, 5) is 21.6. The highest BCUT2D eigenvalue weighted by molar-refractivity contribution is 5.98. The van der Waals surface area contributed by atoms with Crippen LogP contribution in [0.4, 0.5) is 0 Å². The minimum Gasteiger partial charge on any atom is -0.481 e. The third kappa shape index (κ3) is 1.97. The van der Waals surface area contributed by atoms with Gasteiger partial charge in [-0.2, -0.15) is 0 Å². The van der Waals surface area contributed by atoms with E-state index in [9.17, 15) is 9.59 Å². The van der Waals surface area contributed by atoms with E-state index in [0.717, 1.165) is 12.8 Å². The van der Waals surface area contributed by atoms with Crippen LogP contribution in [0.2, 0.25) is 0 Å². The van der Waals surface area contributed by atoms with E-state index in [1.54, 1.807) is 6.08 Å². The highest BCUT2D eigenvalue weighted by Gasteiger charge is 2.47. The standard InChI is InChI=1S/C10H14O3/c1-2-3-4-5-10(9(12)13)6-8(11)7-10/h4-5H,2-3,6-7H2,1H3,(H,12,13)/b5-4+. The Hall–Kier alpha value is -1.12. The van der Waals surface area contributed by atoms with Crippen LogP contribution in [0.5, 0.6) is 0 Å². The summed E-state index contributed by atoms with van der Waals surface area (Å²) in [6.45, 7) is 2.03. The van der Waals surface area contributed by atoms with E-state index < -0.39 is 11.4 Å². The van der Waals surface area contributed by atoms with E-state index in [-0.39, 0.29) is 18.6 Å². The van der Waals surface area contributed by atoms with Crippen LogP contribution in [0.15, 0.2) is 12.2 Å². The number of allylic oxidation sites excluding steroid dienone is 1. The van der Waals surface area contributed by atoms with Crippen LogP contribution >= 0.6 is 0 Å². The summed E-state index contributed by atoms with van der Waals surface area (Å²) in [5.41, 5.74) is -0.869. The topological polar surface area (TPSA) is 54.4 Å². The Morgan fingerprint density at radius 1 is 1.62 bits per heavy atom. The van der Waals surface area contributed by atoms with Crippen LogP contribution in [0.3, 0.4) is 0 Å². The molecule has 1 saturated carbocycles. The minimum atomic E-state index is -0.876. The summed E-state index contributed by atoms with van der Waals surface area (Å²) in [5.74, 6) is -0.831. The fourth-order valence-electron chi connectivity index (χ4n) is 1.47. The minimum absolute atomic E-state index is 0.0450. The maximum atomic E-state index is 10.8. The second kappa shape index (κ2) is 3.73. The van der Waals surface area contributed by atoms with E-state index in [4.69, 9.17) is 5.11 Å². The van der Waals surface area contributed by atoms with Gasteiger partial charge in [-0.25, -0.2) is 0 Å². The number of Topliss-reactive ketones (excluding diaryl/α,β-unsaturated/α-hetero) is 1. The molecule has 0 spiro atoms. The van der Waals surface area contributed by atoms with Gasteiger partial charge in [-0.05, 0) is 6.42 Å². The summed E-state index contributed by atoms with van der Waals surface area (Å²) < 4.78 is 0. The van der Waals surface area contributed by atoms with Crippen molar-refractivity contribution in [1.29, 1.82) is 0 Å². The molecule has 1 aliphatic rings. The van der Waals surface area contributed by atoms with Crippen molar-refractivity contribution in [3.63, 3.8) is 0 Å². The molecule has 0 aromatic rings. The first-order chi connectivity index (χ1) is 6.10. The van der Waals surface area contributed by atoms with E-state index >= 15 is 0 Å². The van der Waals surface area contributed by atoms with Crippen molar-refractivity contribution < 1.29 is 14.7 Å². The summed E-state index contributed by atoms with van der Waals surface area (Å²) in [5, 5.41) is 8.90. The SMILES string of the molecule is CCC/C=C/C1(C(=O)O)CC(=O)C1. The number of carbonyl (C=O) groups is 2. The molecular weight excluding hydrogens is 168 g/mol. The summed E-state index contributed by atoms with van der Waals surface area (Å²) >= 11 is 0. The van der Waals surface area contributed by atoms with Crippen molar-refractivity contribution in [2.45, 2.75) is 32.6 Å². The van der Waals surface area contributed by atoms with Gasteiger partial charge in [-0.15, -0.1) is 0 Å². The van der Waals surface area contributed by atoms with Gasteiger partial charge < -0.3 is 5.11 Å². The molecule has 3 nitrogen and oxygen atoms in total. The molecule has 0 heterocycles. The summed E-state index contributed by atoms with van der Waals surface area (Å²) in [6.07, 6.45) is 5.76. The zero-order valence-corrected chi connectivity index (χ0v) is 7.75. The average Bonchev–Trinajstić information content (AvgIpc) is 2.00. The Morgan fingerprint density at radius 3 is 2.62 bits per heavy atom. The zero-order chi connectivity index (χ0) is 9.90. The van der Waals surface area contributed by atoms with Gasteiger partial charge in [-0.1, -0.05) is 25.5 Å². The second-order valence-corrected chi connectivity index (χ2v) is 3.54. The number of aliphatic carboxylic acids is 1. The van der Waals surface area contributed by atoms with Gasteiger partial charge in [0.15, 0.2) is 0 Å². The van der Waals surface area contributed by atoms with Gasteiger partial charge in [0, 0.05) is 12.8 Å². The molecule has 1 aliphatic carbocycles. The molecule has 72 valence electrons. The van der Waals surface area contributed by atoms with E-state index in [0.29, 0.717) is 0 Å². The number of hydrogen-bond donors (Lipinski definition) is 1. The lowest BCUT2D eigenvalue weighted by atomic mass is 9.67. The predicted octanol–water partition coefficient (Wildman–Crippen LogP) is 1.78. The van der Waals surface area contributed by atoms with E-state index in [2.05, 4.69) is 0 Å². The number of carboxylic acid groups (broad SMARTS) is 1. The van der Waals surface area contributed by atoms with Crippen molar-refractivity contribution in [3.05, 3.63) is 12.2 Å². The van der Waals surface area contributed by atoms with Gasteiger partial charge in [0.1, 0.15) is 5.78 Å². The van der Waals surface area contributed by atoms with Crippen LogP contribution in [0, 0.1) is 5.41 Å². The Bertz CT molecular complexity index is 245. The van der Waals surface area contributed by atoms with Crippen molar-refractivity contribution in [3.8, 4) is 0 Å². The monoisotopic (exact) mass is 182 g/mol. The Labute approximate surface area is 77.4 Å². The summed E-state index contributed by atoms with van der Waals surface area (Å²) in [7, 11) is 0. The average molecular weight is 182 g/mol. The van der Waals surface area contributed by atoms with Crippen molar-refractivity contribution in [2.75, 3.05) is 0 Å². The Balaban J connectivity index is 2.60. The molecule has 0 amide bonds. The molecule has 3 heteroatoms. The third-order valence-corrected chi connectivity index (χ3v) is 2.34. The lowest BCUT2D eigenvalue weighted by molar-refractivity contribution is -0.156. The number of unbranched alkanes of at least 4 members (excludes halogenated alkanes) is 1. The molecule has 0 aliphatic heterocycles. The number of rotatable bonds is 4. The van der Waals surface area contributed by atoms with Gasteiger partial charge >= 0.3 is 5.97 Å². The first kappa shape index (κ1) is 9.96. The normalized spacial score (nSPS) is 20.2. The molecule has 0 aromatic carbocycles. The molecular formula is C10H14O3. The van der Waals surface area contributed by atoms with Gasteiger partial charge in [0.05, 0.1) is 5.41 Å². The van der Waals surface area contributed by atoms with Gasteiger partial charge in [-0.3, -0.25) is 9.59 Å². The molecule has 0 bridgehead atoms. The number of hydrogen-bond acceptors (Lipinski definition) is 2. The molecule has 0 atom stereocenters. The van der Waals surface area contributed by atoms with Crippen LogP contribution in [0.25, 0.3) is 0 Å². The van der Waals surface area contributed by atoms with Gasteiger partial charge in [0.25, 0.3) is 0 Å². The largest absolute Gasteiger partial charge is 0.481 e. The number of ketones is 1. The van der Waals surface area contributed by atoms with Crippen molar-refractivity contribution in [1.82, 2.24) is 0 Å². The lowest BCUT2D eigenvalue weighted by Crippen LogP contribution is -2.42. The molecule has 0 saturated heterocycles. The highest BCUT2D eigenvalue weighted by Crippen LogP contribution is 2.39. The Kier molecular flexibility index (Phi) is 2.86. The molecule has 0 unspecified atom stereocenters. The van der Waals surface area contributed by atoms with Crippen LogP contribution in [-0.2, 0) is 9.59 Å². The molecule has 0 radical (unpaired) electrons. The fourth-order valence-corrected chi connectivity index (χ4v) is 1.47. The Morgan fingerprint density at radius 2 is 2.23 bits per heavy atom. The van der Waals surface area contributed by atoms with Gasteiger partial charge in [0.2, 0.25) is 0 Å². The maximum Gasteiger partial charge on any atom is 0.314 e. The lowest BCUT2D eigenvalue weighted by Gasteiger charge is -2.33. The fraction of sp³-hybridized carbons (Fsp3) is 0.600. The van der Waals surface area contributed by atoms with Crippen molar-refractivity contribution in [2.24, 2.45) is 5.41 Å². The molecule has 0 aromatic heterocycles. The van der Waals surface area contributed by atoms with Crippen molar-refractivity contribution >= 4 is 11.8 Å². The second-order valence-electron chi connectivity index (χ2n) is 3.54. The zero-order valence-electron chi connectivity index (χ0n) is 7.75. The first-order valence-electron chi connectivity index (χ1n) is 4.53.